The summed E-state index contributed by atoms with van der Waals surface area (Å²) in [6, 6.07) is 6.78. The number of hydrogen-bond acceptors (Lipinski definition) is 0. The van der Waals surface area contributed by atoms with Crippen LogP contribution in [0.5, 0.6) is 0 Å². The molecular formula is C14H9Br2F3. The first-order valence-electron chi connectivity index (χ1n) is 5.45. The van der Waals surface area contributed by atoms with Gasteiger partial charge in [0.05, 0.1) is 4.83 Å². The third-order valence-corrected chi connectivity index (χ3v) is 4.83. The van der Waals surface area contributed by atoms with Crippen molar-refractivity contribution in [1.82, 2.24) is 0 Å². The van der Waals surface area contributed by atoms with E-state index in [0.717, 1.165) is 10.0 Å². The maximum atomic E-state index is 13.8. The van der Waals surface area contributed by atoms with Gasteiger partial charge >= 0.3 is 0 Å². The molecule has 0 aliphatic rings. The molecule has 2 aromatic rings. The van der Waals surface area contributed by atoms with Crippen molar-refractivity contribution < 1.29 is 13.2 Å². The van der Waals surface area contributed by atoms with E-state index in [1.165, 1.54) is 0 Å². The highest BCUT2D eigenvalue weighted by Crippen LogP contribution is 2.39. The summed E-state index contributed by atoms with van der Waals surface area (Å²) in [7, 11) is 0. The highest BCUT2D eigenvalue weighted by atomic mass is 79.9. The average molecular weight is 394 g/mol. The molecule has 0 nitrogen and oxygen atoms in total. The van der Waals surface area contributed by atoms with Gasteiger partial charge in [0.15, 0.2) is 0 Å². The molecule has 0 saturated heterocycles. The third kappa shape index (κ3) is 2.87. The fourth-order valence-electron chi connectivity index (χ4n) is 1.82. The summed E-state index contributed by atoms with van der Waals surface area (Å²) in [6.07, 6.45) is 0. The molecule has 1 atom stereocenters. The third-order valence-electron chi connectivity index (χ3n) is 2.79. The van der Waals surface area contributed by atoms with E-state index >= 15 is 0 Å². The molecule has 0 saturated carbocycles. The molecule has 2 rings (SSSR count). The highest BCUT2D eigenvalue weighted by Gasteiger charge is 2.22. The molecule has 0 aliphatic heterocycles. The van der Waals surface area contributed by atoms with Crippen LogP contribution in [0.3, 0.4) is 0 Å². The molecule has 5 heteroatoms. The molecule has 1 unspecified atom stereocenters. The van der Waals surface area contributed by atoms with Crippen molar-refractivity contribution >= 4 is 31.9 Å². The minimum Gasteiger partial charge on any atom is -0.207 e. The fourth-order valence-corrected chi connectivity index (χ4v) is 3.44. The molecule has 0 bridgehead atoms. The smallest absolute Gasteiger partial charge is 0.133 e. The Bertz CT molecular complexity index is 603. The summed E-state index contributed by atoms with van der Waals surface area (Å²) in [4.78, 5) is -0.692. The Morgan fingerprint density at radius 3 is 2.21 bits per heavy atom. The van der Waals surface area contributed by atoms with Gasteiger partial charge < -0.3 is 0 Å². The lowest BCUT2D eigenvalue weighted by atomic mass is 10.0. The van der Waals surface area contributed by atoms with E-state index in [1.807, 2.05) is 13.0 Å². The first-order valence-corrected chi connectivity index (χ1v) is 7.16. The van der Waals surface area contributed by atoms with Gasteiger partial charge in [-0.1, -0.05) is 50.1 Å². The normalized spacial score (nSPS) is 12.5. The topological polar surface area (TPSA) is 0 Å². The number of hydrogen-bond donors (Lipinski definition) is 0. The Labute approximate surface area is 125 Å². The van der Waals surface area contributed by atoms with E-state index in [0.29, 0.717) is 17.7 Å². The molecular weight excluding hydrogens is 385 g/mol. The predicted molar refractivity (Wildman–Crippen MR) is 76.0 cm³/mol. The van der Waals surface area contributed by atoms with Crippen LogP contribution in [-0.4, -0.2) is 0 Å². The second kappa shape index (κ2) is 5.67. The number of halogens is 5. The number of benzene rings is 2. The van der Waals surface area contributed by atoms with Gasteiger partial charge in [-0.15, -0.1) is 0 Å². The molecule has 0 aromatic heterocycles. The van der Waals surface area contributed by atoms with Crippen LogP contribution >= 0.6 is 31.9 Å². The van der Waals surface area contributed by atoms with Crippen molar-refractivity contribution in [3.05, 3.63) is 68.9 Å². The van der Waals surface area contributed by atoms with Crippen LogP contribution in [-0.2, 0) is 0 Å². The van der Waals surface area contributed by atoms with Crippen LogP contribution in [0.2, 0.25) is 0 Å². The van der Waals surface area contributed by atoms with Crippen LogP contribution in [0.25, 0.3) is 0 Å². The van der Waals surface area contributed by atoms with Gasteiger partial charge in [-0.2, -0.15) is 0 Å². The minimum absolute atomic E-state index is 0.201. The fraction of sp³-hybridized carbons (Fsp3) is 0.143. The molecule has 100 valence electrons. The predicted octanol–water partition coefficient (Wildman–Crippen LogP) is 5.66. The molecule has 19 heavy (non-hydrogen) atoms. The van der Waals surface area contributed by atoms with Gasteiger partial charge in [-0.25, -0.2) is 13.2 Å². The van der Waals surface area contributed by atoms with E-state index in [4.69, 9.17) is 0 Å². The lowest BCUT2D eigenvalue weighted by molar-refractivity contribution is 0.527. The van der Waals surface area contributed by atoms with Gasteiger partial charge in [-0.05, 0) is 18.1 Å². The Kier molecular flexibility index (Phi) is 4.36. The largest absolute Gasteiger partial charge is 0.207 e. The highest BCUT2D eigenvalue weighted by molar-refractivity contribution is 9.11. The van der Waals surface area contributed by atoms with Crippen molar-refractivity contribution in [2.45, 2.75) is 11.8 Å². The molecule has 0 spiro atoms. The number of aryl methyl sites for hydroxylation is 1. The van der Waals surface area contributed by atoms with Crippen molar-refractivity contribution in [3.63, 3.8) is 0 Å². The molecule has 0 fully saturated rings. The van der Waals surface area contributed by atoms with Crippen LogP contribution in [0.15, 0.2) is 34.8 Å². The zero-order valence-electron chi connectivity index (χ0n) is 9.85. The zero-order chi connectivity index (χ0) is 14.2. The van der Waals surface area contributed by atoms with E-state index in [1.54, 1.807) is 12.1 Å². The summed E-state index contributed by atoms with van der Waals surface area (Å²) >= 11 is 6.67. The molecule has 0 radical (unpaired) electrons. The van der Waals surface area contributed by atoms with Crippen LogP contribution in [0.1, 0.15) is 21.5 Å². The quantitative estimate of drug-likeness (QED) is 0.577. The maximum Gasteiger partial charge on any atom is 0.133 e. The van der Waals surface area contributed by atoms with E-state index in [2.05, 4.69) is 31.9 Å². The lowest BCUT2D eigenvalue weighted by Gasteiger charge is -2.15. The summed E-state index contributed by atoms with van der Waals surface area (Å²) in [5.41, 5.74) is 1.43. The first-order chi connectivity index (χ1) is 8.91. The molecule has 0 N–H and O–H groups in total. The van der Waals surface area contributed by atoms with Gasteiger partial charge in [0.25, 0.3) is 0 Å². The Morgan fingerprint density at radius 1 is 1.05 bits per heavy atom. The van der Waals surface area contributed by atoms with Crippen molar-refractivity contribution in [1.29, 1.82) is 0 Å². The van der Waals surface area contributed by atoms with Gasteiger partial charge in [0, 0.05) is 22.2 Å². The Morgan fingerprint density at radius 2 is 1.63 bits per heavy atom. The number of alkyl halides is 1. The second-order valence-electron chi connectivity index (χ2n) is 4.12. The van der Waals surface area contributed by atoms with E-state index in [-0.39, 0.29) is 5.56 Å². The summed E-state index contributed by atoms with van der Waals surface area (Å²) in [5.74, 6) is -2.75. The van der Waals surface area contributed by atoms with Gasteiger partial charge in [-0.3, -0.25) is 0 Å². The standard InChI is InChI=1S/C14H9Br2F3/c1-7-3-2-4-9(13(7)15)14(16)12-10(18)5-8(17)6-11(12)19/h2-6,14H,1H3. The minimum atomic E-state index is -0.929. The van der Waals surface area contributed by atoms with Crippen molar-refractivity contribution in [2.75, 3.05) is 0 Å². The van der Waals surface area contributed by atoms with Crippen LogP contribution in [0, 0.1) is 24.4 Å². The Balaban J connectivity index is 2.56. The van der Waals surface area contributed by atoms with Gasteiger partial charge in [0.1, 0.15) is 17.5 Å². The molecule has 0 heterocycles. The molecule has 0 amide bonds. The second-order valence-corrected chi connectivity index (χ2v) is 5.83. The summed E-state index contributed by atoms with van der Waals surface area (Å²) in [5, 5.41) is 0. The monoisotopic (exact) mass is 392 g/mol. The van der Waals surface area contributed by atoms with Crippen molar-refractivity contribution in [3.8, 4) is 0 Å². The summed E-state index contributed by atoms with van der Waals surface area (Å²) < 4.78 is 41.2. The van der Waals surface area contributed by atoms with Crippen LogP contribution in [0.4, 0.5) is 13.2 Å². The molecule has 0 aliphatic carbocycles. The maximum absolute atomic E-state index is 13.8. The summed E-state index contributed by atoms with van der Waals surface area (Å²) in [6.45, 7) is 1.88. The van der Waals surface area contributed by atoms with E-state index in [9.17, 15) is 13.2 Å². The van der Waals surface area contributed by atoms with Gasteiger partial charge in [0.2, 0.25) is 0 Å². The first kappa shape index (κ1) is 14.6. The van der Waals surface area contributed by atoms with E-state index < -0.39 is 22.3 Å². The van der Waals surface area contributed by atoms with Crippen molar-refractivity contribution in [2.24, 2.45) is 0 Å². The Hall–Kier alpha value is -0.810. The molecule has 2 aromatic carbocycles. The SMILES string of the molecule is Cc1cccc(C(Br)c2c(F)cc(F)cc2F)c1Br. The van der Waals surface area contributed by atoms with Crippen LogP contribution < -0.4 is 0 Å². The average Bonchev–Trinajstić information content (AvgIpc) is 2.31. The number of rotatable bonds is 2. The zero-order valence-corrected chi connectivity index (χ0v) is 13.0. The lowest BCUT2D eigenvalue weighted by Crippen LogP contribution is -2.03.